The summed E-state index contributed by atoms with van der Waals surface area (Å²) >= 11 is 13.3. The van der Waals surface area contributed by atoms with E-state index in [1.54, 1.807) is 19.1 Å². The average Bonchev–Trinajstić information content (AvgIpc) is 2.51. The molecule has 1 unspecified atom stereocenters. The van der Waals surface area contributed by atoms with E-state index in [0.29, 0.717) is 5.02 Å². The molecule has 2 aromatic carbocycles. The zero-order chi connectivity index (χ0) is 17.0. The molecule has 1 amide bonds. The van der Waals surface area contributed by atoms with Crippen LogP contribution in [0.4, 0.5) is 11.4 Å². The standard InChI is InChI=1S/C15H12Cl2N2O3S/c1-9(23-14-5-3-2-4-12(14)17)15(20)18-13-8-10(19(21)22)6-7-11(13)16/h2-9H,1H3,(H,18,20). The smallest absolute Gasteiger partial charge is 0.271 e. The Morgan fingerprint density at radius 2 is 1.91 bits per heavy atom. The Labute approximate surface area is 147 Å². The number of amides is 1. The Balaban J connectivity index is 2.11. The number of anilines is 1. The number of non-ortho nitro benzene ring substituents is 1. The Bertz CT molecular complexity index is 755. The van der Waals surface area contributed by atoms with Crippen LogP contribution in [0.15, 0.2) is 47.4 Å². The number of nitrogens with one attached hydrogen (secondary N) is 1. The topological polar surface area (TPSA) is 72.2 Å². The lowest BCUT2D eigenvalue weighted by Gasteiger charge is -2.13. The molecular formula is C15H12Cl2N2O3S. The minimum absolute atomic E-state index is 0.142. The molecule has 0 radical (unpaired) electrons. The number of carbonyl (C=O) groups is 1. The van der Waals surface area contributed by atoms with Gasteiger partial charge in [0.15, 0.2) is 0 Å². The van der Waals surface area contributed by atoms with Crippen LogP contribution in [-0.4, -0.2) is 16.1 Å². The van der Waals surface area contributed by atoms with Crippen molar-refractivity contribution in [2.75, 3.05) is 5.32 Å². The van der Waals surface area contributed by atoms with E-state index in [1.807, 2.05) is 12.1 Å². The summed E-state index contributed by atoms with van der Waals surface area (Å²) in [6.45, 7) is 1.72. The van der Waals surface area contributed by atoms with Crippen molar-refractivity contribution >= 4 is 52.2 Å². The van der Waals surface area contributed by atoms with E-state index in [0.717, 1.165) is 4.90 Å². The highest BCUT2D eigenvalue weighted by atomic mass is 35.5. The number of rotatable bonds is 5. The number of halogens is 2. The fraction of sp³-hybridized carbons (Fsp3) is 0.133. The highest BCUT2D eigenvalue weighted by Gasteiger charge is 2.18. The maximum Gasteiger partial charge on any atom is 0.271 e. The molecule has 120 valence electrons. The number of nitro benzene ring substituents is 1. The second-order valence-electron chi connectivity index (χ2n) is 4.60. The van der Waals surface area contributed by atoms with Crippen LogP contribution in [0.1, 0.15) is 6.92 Å². The van der Waals surface area contributed by atoms with Gasteiger partial charge in [0.2, 0.25) is 5.91 Å². The molecule has 2 rings (SSSR count). The summed E-state index contributed by atoms with van der Waals surface area (Å²) in [6.07, 6.45) is 0. The van der Waals surface area contributed by atoms with Gasteiger partial charge in [-0.05, 0) is 25.1 Å². The lowest BCUT2D eigenvalue weighted by molar-refractivity contribution is -0.384. The van der Waals surface area contributed by atoms with E-state index < -0.39 is 10.2 Å². The Morgan fingerprint density at radius 1 is 1.22 bits per heavy atom. The van der Waals surface area contributed by atoms with Crippen molar-refractivity contribution in [1.29, 1.82) is 0 Å². The van der Waals surface area contributed by atoms with Gasteiger partial charge in [-0.25, -0.2) is 0 Å². The van der Waals surface area contributed by atoms with Gasteiger partial charge in [-0.1, -0.05) is 35.3 Å². The molecule has 0 heterocycles. The maximum absolute atomic E-state index is 12.3. The molecule has 0 saturated carbocycles. The predicted octanol–water partition coefficient (Wildman–Crippen LogP) is 5.02. The summed E-state index contributed by atoms with van der Waals surface area (Å²) in [7, 11) is 0. The molecule has 0 aliphatic carbocycles. The minimum atomic E-state index is -0.548. The summed E-state index contributed by atoms with van der Waals surface area (Å²) in [5.41, 5.74) is 0.0635. The van der Waals surface area contributed by atoms with Crippen LogP contribution < -0.4 is 5.32 Å². The van der Waals surface area contributed by atoms with Crippen LogP contribution in [0.25, 0.3) is 0 Å². The first-order chi connectivity index (χ1) is 10.9. The van der Waals surface area contributed by atoms with Gasteiger partial charge in [-0.2, -0.15) is 0 Å². The second kappa shape index (κ2) is 7.68. The third-order valence-corrected chi connectivity index (χ3v) is 4.88. The number of hydrogen-bond acceptors (Lipinski definition) is 4. The SMILES string of the molecule is CC(Sc1ccccc1Cl)C(=O)Nc1cc([N+](=O)[O-])ccc1Cl. The third kappa shape index (κ3) is 4.60. The van der Waals surface area contributed by atoms with Crippen LogP contribution in [-0.2, 0) is 4.79 Å². The van der Waals surface area contributed by atoms with Crippen molar-refractivity contribution < 1.29 is 9.72 Å². The van der Waals surface area contributed by atoms with Crippen LogP contribution in [0, 0.1) is 10.1 Å². The average molecular weight is 371 g/mol. The molecule has 0 spiro atoms. The summed E-state index contributed by atoms with van der Waals surface area (Å²) in [5, 5.41) is 13.7. The quantitative estimate of drug-likeness (QED) is 0.455. The van der Waals surface area contributed by atoms with Gasteiger partial charge in [0, 0.05) is 17.0 Å². The van der Waals surface area contributed by atoms with Crippen molar-refractivity contribution in [3.63, 3.8) is 0 Å². The molecule has 5 nitrogen and oxygen atoms in total. The molecule has 0 aliphatic rings. The van der Waals surface area contributed by atoms with Gasteiger partial charge in [0.05, 0.1) is 25.9 Å². The summed E-state index contributed by atoms with van der Waals surface area (Å²) in [4.78, 5) is 23.3. The van der Waals surface area contributed by atoms with Crippen molar-refractivity contribution in [3.8, 4) is 0 Å². The van der Waals surface area contributed by atoms with Gasteiger partial charge < -0.3 is 5.32 Å². The zero-order valence-corrected chi connectivity index (χ0v) is 14.3. The van der Waals surface area contributed by atoms with Crippen LogP contribution in [0.3, 0.4) is 0 Å². The van der Waals surface area contributed by atoms with Crippen molar-refractivity contribution in [2.45, 2.75) is 17.1 Å². The highest BCUT2D eigenvalue weighted by Crippen LogP contribution is 2.32. The number of carbonyl (C=O) groups excluding carboxylic acids is 1. The first-order valence-corrected chi connectivity index (χ1v) is 8.18. The summed E-state index contributed by atoms with van der Waals surface area (Å²) in [6, 6.07) is 11.1. The largest absolute Gasteiger partial charge is 0.324 e. The molecule has 2 aromatic rings. The minimum Gasteiger partial charge on any atom is -0.324 e. The lowest BCUT2D eigenvalue weighted by Crippen LogP contribution is -2.22. The Kier molecular flexibility index (Phi) is 5.87. The molecule has 0 aliphatic heterocycles. The number of thioether (sulfide) groups is 1. The first-order valence-electron chi connectivity index (χ1n) is 6.54. The number of hydrogen-bond donors (Lipinski definition) is 1. The van der Waals surface area contributed by atoms with Crippen LogP contribution >= 0.6 is 35.0 Å². The van der Waals surface area contributed by atoms with E-state index in [9.17, 15) is 14.9 Å². The number of benzene rings is 2. The fourth-order valence-electron chi connectivity index (χ4n) is 1.74. The van der Waals surface area contributed by atoms with Crippen LogP contribution in [0.5, 0.6) is 0 Å². The lowest BCUT2D eigenvalue weighted by atomic mass is 10.2. The molecule has 0 bridgehead atoms. The molecule has 8 heteroatoms. The monoisotopic (exact) mass is 370 g/mol. The molecule has 23 heavy (non-hydrogen) atoms. The molecule has 0 aromatic heterocycles. The zero-order valence-electron chi connectivity index (χ0n) is 12.0. The van der Waals surface area contributed by atoms with Gasteiger partial charge in [-0.15, -0.1) is 11.8 Å². The Hall–Kier alpha value is -1.76. The highest BCUT2D eigenvalue weighted by molar-refractivity contribution is 8.00. The van der Waals surface area contributed by atoms with E-state index in [1.165, 1.54) is 30.0 Å². The maximum atomic E-state index is 12.3. The Morgan fingerprint density at radius 3 is 2.57 bits per heavy atom. The van der Waals surface area contributed by atoms with Gasteiger partial charge in [-0.3, -0.25) is 14.9 Å². The fourth-order valence-corrected chi connectivity index (χ4v) is 3.06. The molecular weight excluding hydrogens is 359 g/mol. The number of nitrogens with zero attached hydrogens (tertiary/aromatic N) is 1. The predicted molar refractivity (Wildman–Crippen MR) is 93.5 cm³/mol. The number of nitro groups is 1. The van der Waals surface area contributed by atoms with E-state index >= 15 is 0 Å². The van der Waals surface area contributed by atoms with Crippen LogP contribution in [0.2, 0.25) is 10.0 Å². The van der Waals surface area contributed by atoms with E-state index in [4.69, 9.17) is 23.2 Å². The van der Waals surface area contributed by atoms with Crippen molar-refractivity contribution in [3.05, 3.63) is 62.6 Å². The third-order valence-electron chi connectivity index (χ3n) is 2.93. The van der Waals surface area contributed by atoms with E-state index in [-0.39, 0.29) is 22.3 Å². The molecule has 0 fully saturated rings. The van der Waals surface area contributed by atoms with Gasteiger partial charge >= 0.3 is 0 Å². The first kappa shape index (κ1) is 17.6. The summed E-state index contributed by atoms with van der Waals surface area (Å²) < 4.78 is 0. The van der Waals surface area contributed by atoms with Gasteiger partial charge in [0.25, 0.3) is 5.69 Å². The molecule has 1 N–H and O–H groups in total. The van der Waals surface area contributed by atoms with Crippen molar-refractivity contribution in [1.82, 2.24) is 0 Å². The van der Waals surface area contributed by atoms with Gasteiger partial charge in [0.1, 0.15) is 0 Å². The second-order valence-corrected chi connectivity index (χ2v) is 6.80. The van der Waals surface area contributed by atoms with Crippen molar-refractivity contribution in [2.24, 2.45) is 0 Å². The summed E-state index contributed by atoms with van der Waals surface area (Å²) in [5.74, 6) is -0.322. The normalized spacial score (nSPS) is 11.8. The molecule has 0 saturated heterocycles. The van der Waals surface area contributed by atoms with E-state index in [2.05, 4.69) is 5.32 Å². The molecule has 1 atom stereocenters.